The standard InChI is InChI=1S/C15H15ClINO2/c1-19-11-5-9(6-12(8-11)20-2)15(18)13-7-10(16)3-4-14(13)17/h3-8,15H,18H2,1-2H3. The van der Waals surface area contributed by atoms with Crippen molar-refractivity contribution >= 4 is 34.2 Å². The van der Waals surface area contributed by atoms with Gasteiger partial charge >= 0.3 is 0 Å². The van der Waals surface area contributed by atoms with Gasteiger partial charge in [-0.2, -0.15) is 0 Å². The van der Waals surface area contributed by atoms with Gasteiger partial charge in [0.2, 0.25) is 0 Å². The molecule has 0 aliphatic rings. The van der Waals surface area contributed by atoms with Crippen LogP contribution in [0, 0.1) is 3.57 Å². The van der Waals surface area contributed by atoms with E-state index in [1.54, 1.807) is 14.2 Å². The van der Waals surface area contributed by atoms with Crippen LogP contribution in [0.15, 0.2) is 36.4 Å². The van der Waals surface area contributed by atoms with Crippen LogP contribution in [0.1, 0.15) is 17.2 Å². The predicted octanol–water partition coefficient (Wildman–Crippen LogP) is 4.01. The van der Waals surface area contributed by atoms with Gasteiger partial charge in [-0.05, 0) is 64.0 Å². The van der Waals surface area contributed by atoms with Crippen LogP contribution in [0.2, 0.25) is 5.02 Å². The molecule has 0 amide bonds. The van der Waals surface area contributed by atoms with Crippen LogP contribution in [-0.4, -0.2) is 14.2 Å². The molecule has 2 aromatic carbocycles. The SMILES string of the molecule is COc1cc(OC)cc(C(N)c2cc(Cl)ccc2I)c1. The molecule has 0 bridgehead atoms. The molecule has 0 heterocycles. The monoisotopic (exact) mass is 403 g/mol. The second kappa shape index (κ2) is 6.65. The largest absolute Gasteiger partial charge is 0.497 e. The zero-order chi connectivity index (χ0) is 14.7. The third-order valence-corrected chi connectivity index (χ3v) is 4.24. The summed E-state index contributed by atoms with van der Waals surface area (Å²) >= 11 is 8.31. The van der Waals surface area contributed by atoms with E-state index in [-0.39, 0.29) is 6.04 Å². The van der Waals surface area contributed by atoms with E-state index in [1.165, 1.54) is 0 Å². The summed E-state index contributed by atoms with van der Waals surface area (Å²) in [6, 6.07) is 11.0. The van der Waals surface area contributed by atoms with Gasteiger partial charge in [-0.25, -0.2) is 0 Å². The topological polar surface area (TPSA) is 44.5 Å². The normalized spacial score (nSPS) is 12.1. The Morgan fingerprint density at radius 3 is 2.20 bits per heavy atom. The van der Waals surface area contributed by atoms with Crippen LogP contribution in [0.25, 0.3) is 0 Å². The number of rotatable bonds is 4. The summed E-state index contributed by atoms with van der Waals surface area (Å²) in [6.45, 7) is 0. The average molecular weight is 404 g/mol. The van der Waals surface area contributed by atoms with E-state index in [9.17, 15) is 0 Å². The van der Waals surface area contributed by atoms with E-state index < -0.39 is 0 Å². The maximum absolute atomic E-state index is 6.36. The minimum atomic E-state index is -0.287. The highest BCUT2D eigenvalue weighted by Crippen LogP contribution is 2.31. The number of methoxy groups -OCH3 is 2. The second-order valence-electron chi connectivity index (χ2n) is 4.29. The Balaban J connectivity index is 2.46. The lowest BCUT2D eigenvalue weighted by Crippen LogP contribution is -2.13. The molecular formula is C15H15ClINO2. The molecule has 2 N–H and O–H groups in total. The van der Waals surface area contributed by atoms with Crippen molar-refractivity contribution in [2.45, 2.75) is 6.04 Å². The molecule has 106 valence electrons. The Morgan fingerprint density at radius 2 is 1.65 bits per heavy atom. The van der Waals surface area contributed by atoms with E-state index in [1.807, 2.05) is 36.4 Å². The highest BCUT2D eigenvalue weighted by Gasteiger charge is 2.15. The minimum absolute atomic E-state index is 0.287. The van der Waals surface area contributed by atoms with Gasteiger partial charge in [-0.3, -0.25) is 0 Å². The Hall–Kier alpha value is -0.980. The first-order chi connectivity index (χ1) is 9.55. The van der Waals surface area contributed by atoms with Crippen LogP contribution in [-0.2, 0) is 0 Å². The summed E-state index contributed by atoms with van der Waals surface area (Å²) in [5.74, 6) is 1.43. The van der Waals surface area contributed by atoms with Crippen molar-refractivity contribution in [3.63, 3.8) is 0 Å². The van der Waals surface area contributed by atoms with Crippen LogP contribution >= 0.6 is 34.2 Å². The molecule has 0 aliphatic carbocycles. The molecule has 0 aromatic heterocycles. The van der Waals surface area contributed by atoms with E-state index in [0.29, 0.717) is 16.5 Å². The van der Waals surface area contributed by atoms with Crippen molar-refractivity contribution in [2.75, 3.05) is 14.2 Å². The zero-order valence-electron chi connectivity index (χ0n) is 11.2. The fraction of sp³-hybridized carbons (Fsp3) is 0.200. The third kappa shape index (κ3) is 3.37. The van der Waals surface area contributed by atoms with Crippen molar-refractivity contribution in [3.8, 4) is 11.5 Å². The fourth-order valence-electron chi connectivity index (χ4n) is 1.94. The third-order valence-electron chi connectivity index (χ3n) is 3.03. The van der Waals surface area contributed by atoms with Crippen molar-refractivity contribution in [3.05, 3.63) is 56.1 Å². The first-order valence-corrected chi connectivity index (χ1v) is 7.44. The van der Waals surface area contributed by atoms with Gasteiger partial charge in [-0.15, -0.1) is 0 Å². The quantitative estimate of drug-likeness (QED) is 0.785. The fourth-order valence-corrected chi connectivity index (χ4v) is 2.79. The Bertz CT molecular complexity index is 597. The first-order valence-electron chi connectivity index (χ1n) is 5.98. The van der Waals surface area contributed by atoms with Crippen LogP contribution < -0.4 is 15.2 Å². The average Bonchev–Trinajstić information content (AvgIpc) is 2.48. The molecule has 20 heavy (non-hydrogen) atoms. The lowest BCUT2D eigenvalue weighted by molar-refractivity contribution is 0.393. The number of benzene rings is 2. The first kappa shape index (κ1) is 15.4. The van der Waals surface area contributed by atoms with Gasteiger partial charge < -0.3 is 15.2 Å². The van der Waals surface area contributed by atoms with Crippen LogP contribution in [0.4, 0.5) is 0 Å². The maximum Gasteiger partial charge on any atom is 0.122 e. The Morgan fingerprint density at radius 1 is 1.05 bits per heavy atom. The van der Waals surface area contributed by atoms with E-state index >= 15 is 0 Å². The molecule has 0 saturated heterocycles. The van der Waals surface area contributed by atoms with Gasteiger partial charge in [0.1, 0.15) is 11.5 Å². The lowest BCUT2D eigenvalue weighted by Gasteiger charge is -2.17. The molecule has 0 fully saturated rings. The molecule has 0 spiro atoms. The van der Waals surface area contributed by atoms with Gasteiger partial charge in [0.25, 0.3) is 0 Å². The number of hydrogen-bond acceptors (Lipinski definition) is 3. The van der Waals surface area contributed by atoms with Crippen molar-refractivity contribution < 1.29 is 9.47 Å². The number of ether oxygens (including phenoxy) is 2. The highest BCUT2D eigenvalue weighted by atomic mass is 127. The summed E-state index contributed by atoms with van der Waals surface area (Å²) in [5.41, 5.74) is 8.26. The van der Waals surface area contributed by atoms with Gasteiger partial charge in [0, 0.05) is 14.7 Å². The molecule has 5 heteroatoms. The van der Waals surface area contributed by atoms with Crippen molar-refractivity contribution in [2.24, 2.45) is 5.73 Å². The summed E-state index contributed by atoms with van der Waals surface area (Å²) in [5, 5.41) is 0.672. The smallest absolute Gasteiger partial charge is 0.122 e. The molecule has 1 unspecified atom stereocenters. The van der Waals surface area contributed by atoms with E-state index in [2.05, 4.69) is 22.6 Å². The molecule has 0 aliphatic heterocycles. The minimum Gasteiger partial charge on any atom is -0.497 e. The predicted molar refractivity (Wildman–Crippen MR) is 89.7 cm³/mol. The molecule has 3 nitrogen and oxygen atoms in total. The summed E-state index contributed by atoms with van der Waals surface area (Å²) in [4.78, 5) is 0. The van der Waals surface area contributed by atoms with E-state index in [0.717, 1.165) is 14.7 Å². The molecule has 0 radical (unpaired) electrons. The maximum atomic E-state index is 6.36. The Kier molecular flexibility index (Phi) is 5.12. The number of halogens is 2. The van der Waals surface area contributed by atoms with Crippen molar-refractivity contribution in [1.82, 2.24) is 0 Å². The summed E-state index contributed by atoms with van der Waals surface area (Å²) < 4.78 is 11.6. The van der Waals surface area contributed by atoms with Crippen LogP contribution in [0.3, 0.4) is 0 Å². The van der Waals surface area contributed by atoms with Gasteiger partial charge in [0.15, 0.2) is 0 Å². The molecule has 1 atom stereocenters. The summed E-state index contributed by atoms with van der Waals surface area (Å²) in [7, 11) is 3.24. The second-order valence-corrected chi connectivity index (χ2v) is 5.89. The Labute approximate surface area is 137 Å². The number of nitrogens with two attached hydrogens (primary N) is 1. The molecule has 2 aromatic rings. The van der Waals surface area contributed by atoms with Crippen LogP contribution in [0.5, 0.6) is 11.5 Å². The lowest BCUT2D eigenvalue weighted by atomic mass is 9.99. The molecular weight excluding hydrogens is 389 g/mol. The number of hydrogen-bond donors (Lipinski definition) is 1. The molecule has 2 rings (SSSR count). The van der Waals surface area contributed by atoms with Gasteiger partial charge in [0.05, 0.1) is 20.3 Å². The highest BCUT2D eigenvalue weighted by molar-refractivity contribution is 14.1. The van der Waals surface area contributed by atoms with Gasteiger partial charge in [-0.1, -0.05) is 11.6 Å². The van der Waals surface area contributed by atoms with E-state index in [4.69, 9.17) is 26.8 Å². The molecule has 0 saturated carbocycles. The summed E-state index contributed by atoms with van der Waals surface area (Å²) in [6.07, 6.45) is 0. The van der Waals surface area contributed by atoms with Crippen molar-refractivity contribution in [1.29, 1.82) is 0 Å². The zero-order valence-corrected chi connectivity index (χ0v) is 14.1.